The maximum absolute atomic E-state index is 6.05. The average molecular weight is 226 g/mol. The first kappa shape index (κ1) is 12.4. The molecule has 2 aliphatic rings. The van der Waals surface area contributed by atoms with E-state index in [0.717, 1.165) is 0 Å². The standard InChI is InChI=1S/C14H26O2/c1-13(2,3)10-7-9-8-11(14(4,5)6)16-12(9)15-10/h9-12H,7-8H2,1-6H3/t9?,10-,11-,12?/m1/s1. The highest BCUT2D eigenvalue weighted by Crippen LogP contribution is 2.46. The minimum atomic E-state index is 0.0634. The number of fused-ring (bicyclic) bond motifs is 1. The molecule has 2 rings (SSSR count). The molecule has 2 atom stereocenters. The summed E-state index contributed by atoms with van der Waals surface area (Å²) in [5.74, 6) is 0.619. The molecule has 0 N–H and O–H groups in total. The van der Waals surface area contributed by atoms with Crippen LogP contribution in [0.1, 0.15) is 54.4 Å². The Morgan fingerprint density at radius 2 is 1.12 bits per heavy atom. The number of ether oxygens (including phenoxy) is 2. The summed E-state index contributed by atoms with van der Waals surface area (Å²) in [6, 6.07) is 0. The predicted molar refractivity (Wildman–Crippen MR) is 65.2 cm³/mol. The van der Waals surface area contributed by atoms with Gasteiger partial charge in [0.15, 0.2) is 6.29 Å². The summed E-state index contributed by atoms with van der Waals surface area (Å²) in [7, 11) is 0. The van der Waals surface area contributed by atoms with Gasteiger partial charge in [0.05, 0.1) is 12.2 Å². The van der Waals surface area contributed by atoms with Crippen LogP contribution in [0.5, 0.6) is 0 Å². The van der Waals surface area contributed by atoms with E-state index < -0.39 is 0 Å². The predicted octanol–water partition coefficient (Wildman–Crippen LogP) is 3.60. The van der Waals surface area contributed by atoms with Gasteiger partial charge in [-0.25, -0.2) is 0 Å². The van der Waals surface area contributed by atoms with Crippen LogP contribution in [0.4, 0.5) is 0 Å². The van der Waals surface area contributed by atoms with E-state index in [4.69, 9.17) is 9.47 Å². The van der Waals surface area contributed by atoms with Gasteiger partial charge in [-0.1, -0.05) is 41.5 Å². The smallest absolute Gasteiger partial charge is 0.161 e. The molecule has 2 fully saturated rings. The SMILES string of the molecule is CC(C)(C)[C@H]1CC2C[C@H](C(C)(C)C)OC2O1. The first-order chi connectivity index (χ1) is 7.18. The molecule has 2 saturated heterocycles. The van der Waals surface area contributed by atoms with Gasteiger partial charge < -0.3 is 9.47 Å². The van der Waals surface area contributed by atoms with Crippen LogP contribution in [0.3, 0.4) is 0 Å². The lowest BCUT2D eigenvalue weighted by molar-refractivity contribution is -0.172. The lowest BCUT2D eigenvalue weighted by Gasteiger charge is -2.30. The molecule has 0 amide bonds. The minimum Gasteiger partial charge on any atom is -0.349 e. The third-order valence-corrected chi connectivity index (χ3v) is 3.95. The van der Waals surface area contributed by atoms with Gasteiger partial charge in [0.1, 0.15) is 0 Å². The van der Waals surface area contributed by atoms with Crippen LogP contribution < -0.4 is 0 Å². The third-order valence-electron chi connectivity index (χ3n) is 3.95. The minimum absolute atomic E-state index is 0.0634. The van der Waals surface area contributed by atoms with Crippen LogP contribution in [-0.2, 0) is 9.47 Å². The largest absolute Gasteiger partial charge is 0.349 e. The lowest BCUT2D eigenvalue weighted by Crippen LogP contribution is -2.31. The molecule has 0 unspecified atom stereocenters. The van der Waals surface area contributed by atoms with E-state index in [9.17, 15) is 0 Å². The van der Waals surface area contributed by atoms with Crippen LogP contribution >= 0.6 is 0 Å². The lowest BCUT2D eigenvalue weighted by atomic mass is 9.81. The van der Waals surface area contributed by atoms with Gasteiger partial charge in [-0.05, 0) is 23.7 Å². The molecule has 94 valence electrons. The highest BCUT2D eigenvalue weighted by atomic mass is 16.7. The maximum atomic E-state index is 6.05. The van der Waals surface area contributed by atoms with E-state index in [-0.39, 0.29) is 17.1 Å². The monoisotopic (exact) mass is 226 g/mol. The zero-order valence-corrected chi connectivity index (χ0v) is 11.5. The van der Waals surface area contributed by atoms with Crippen molar-refractivity contribution in [3.05, 3.63) is 0 Å². The zero-order chi connectivity index (χ0) is 12.1. The summed E-state index contributed by atoms with van der Waals surface area (Å²) >= 11 is 0. The molecule has 0 radical (unpaired) electrons. The van der Waals surface area contributed by atoms with Crippen molar-refractivity contribution in [3.8, 4) is 0 Å². The second-order valence-corrected chi connectivity index (χ2v) is 7.58. The number of hydrogen-bond acceptors (Lipinski definition) is 2. The number of rotatable bonds is 0. The van der Waals surface area contributed by atoms with Gasteiger partial charge in [-0.2, -0.15) is 0 Å². The van der Waals surface area contributed by atoms with Gasteiger partial charge in [0.25, 0.3) is 0 Å². The average Bonchev–Trinajstić information content (AvgIpc) is 2.53. The summed E-state index contributed by atoms with van der Waals surface area (Å²) in [4.78, 5) is 0. The fourth-order valence-corrected chi connectivity index (χ4v) is 2.67. The van der Waals surface area contributed by atoms with Crippen LogP contribution in [0.2, 0.25) is 0 Å². The van der Waals surface area contributed by atoms with E-state index in [1.54, 1.807) is 0 Å². The molecule has 0 aromatic heterocycles. The summed E-state index contributed by atoms with van der Waals surface area (Å²) in [6.45, 7) is 13.5. The zero-order valence-electron chi connectivity index (χ0n) is 11.5. The fourth-order valence-electron chi connectivity index (χ4n) is 2.67. The Morgan fingerprint density at radius 1 is 0.750 bits per heavy atom. The summed E-state index contributed by atoms with van der Waals surface area (Å²) < 4.78 is 12.1. The highest BCUT2D eigenvalue weighted by molar-refractivity contribution is 4.93. The van der Waals surface area contributed by atoms with Crippen molar-refractivity contribution in [2.24, 2.45) is 16.7 Å². The topological polar surface area (TPSA) is 18.5 Å². The van der Waals surface area contributed by atoms with Crippen LogP contribution in [0.25, 0.3) is 0 Å². The van der Waals surface area contributed by atoms with E-state index in [1.807, 2.05) is 0 Å². The Balaban J connectivity index is 1.96. The van der Waals surface area contributed by atoms with E-state index in [2.05, 4.69) is 41.5 Å². The second kappa shape index (κ2) is 3.71. The second-order valence-electron chi connectivity index (χ2n) is 7.58. The van der Waals surface area contributed by atoms with Crippen molar-refractivity contribution in [2.75, 3.05) is 0 Å². The van der Waals surface area contributed by atoms with Crippen molar-refractivity contribution in [3.63, 3.8) is 0 Å². The first-order valence-electron chi connectivity index (χ1n) is 6.49. The maximum Gasteiger partial charge on any atom is 0.161 e. The normalized spacial score (nSPS) is 40.1. The van der Waals surface area contributed by atoms with Crippen LogP contribution in [0, 0.1) is 16.7 Å². The van der Waals surface area contributed by atoms with Crippen molar-refractivity contribution in [1.82, 2.24) is 0 Å². The molecular formula is C14H26O2. The van der Waals surface area contributed by atoms with E-state index >= 15 is 0 Å². The quantitative estimate of drug-likeness (QED) is 0.628. The van der Waals surface area contributed by atoms with Gasteiger partial charge in [0, 0.05) is 5.92 Å². The molecule has 0 bridgehead atoms. The van der Waals surface area contributed by atoms with E-state index in [1.165, 1.54) is 12.8 Å². The van der Waals surface area contributed by atoms with Crippen molar-refractivity contribution < 1.29 is 9.47 Å². The van der Waals surface area contributed by atoms with Crippen LogP contribution in [-0.4, -0.2) is 18.5 Å². The van der Waals surface area contributed by atoms with Gasteiger partial charge in [-0.15, -0.1) is 0 Å². The van der Waals surface area contributed by atoms with Crippen molar-refractivity contribution >= 4 is 0 Å². The van der Waals surface area contributed by atoms with Crippen molar-refractivity contribution in [2.45, 2.75) is 72.9 Å². The molecule has 0 aliphatic carbocycles. The molecular weight excluding hydrogens is 200 g/mol. The molecule has 0 aromatic rings. The Labute approximate surface area is 99.7 Å². The Morgan fingerprint density at radius 3 is 1.38 bits per heavy atom. The molecule has 2 heterocycles. The van der Waals surface area contributed by atoms with Gasteiger partial charge >= 0.3 is 0 Å². The molecule has 2 aliphatic heterocycles. The summed E-state index contributed by atoms with van der Waals surface area (Å²) in [5, 5.41) is 0. The fraction of sp³-hybridized carbons (Fsp3) is 1.00. The van der Waals surface area contributed by atoms with Gasteiger partial charge in [-0.3, -0.25) is 0 Å². The molecule has 16 heavy (non-hydrogen) atoms. The molecule has 0 spiro atoms. The highest BCUT2D eigenvalue weighted by Gasteiger charge is 2.49. The Bertz CT molecular complexity index is 219. The van der Waals surface area contributed by atoms with Crippen molar-refractivity contribution in [1.29, 1.82) is 0 Å². The summed E-state index contributed by atoms with van der Waals surface area (Å²) in [6.07, 6.45) is 3.13. The van der Waals surface area contributed by atoms with Crippen LogP contribution in [0.15, 0.2) is 0 Å². The number of hydrogen-bond donors (Lipinski definition) is 0. The van der Waals surface area contributed by atoms with Gasteiger partial charge in [0.2, 0.25) is 0 Å². The van der Waals surface area contributed by atoms with E-state index in [0.29, 0.717) is 18.1 Å². The summed E-state index contributed by atoms with van der Waals surface area (Å²) in [5.41, 5.74) is 0.482. The molecule has 2 nitrogen and oxygen atoms in total. The third kappa shape index (κ3) is 2.28. The molecule has 2 heteroatoms. The first-order valence-corrected chi connectivity index (χ1v) is 6.49. The molecule has 0 saturated carbocycles. The molecule has 0 aromatic carbocycles. The Kier molecular flexibility index (Phi) is 2.87. The Hall–Kier alpha value is -0.0800.